The van der Waals surface area contributed by atoms with Gasteiger partial charge < -0.3 is 0 Å². The van der Waals surface area contributed by atoms with Crippen LogP contribution in [0.15, 0.2) is 60.7 Å². The van der Waals surface area contributed by atoms with E-state index in [0.29, 0.717) is 24.3 Å². The van der Waals surface area contributed by atoms with E-state index in [1.165, 1.54) is 44.1 Å². The number of benzene rings is 3. The molecule has 1 aliphatic carbocycles. The summed E-state index contributed by atoms with van der Waals surface area (Å²) in [4.78, 5) is 0. The van der Waals surface area contributed by atoms with E-state index in [1.54, 1.807) is 5.92 Å². The normalized spacial score (nSPS) is 17.8. The predicted molar refractivity (Wildman–Crippen MR) is 138 cm³/mol. The topological polar surface area (TPSA) is 0 Å². The molecule has 0 radical (unpaired) electrons. The van der Waals surface area contributed by atoms with Gasteiger partial charge in [-0.15, -0.1) is 0 Å². The van der Waals surface area contributed by atoms with E-state index in [0.717, 1.165) is 40.7 Å². The fraction of sp³-hybridized carbons (Fsp3) is 0.375. The molecular weight excluding hydrogens is 479 g/mol. The third kappa shape index (κ3) is 7.44. The minimum absolute atomic E-state index is 0.357. The highest BCUT2D eigenvalue weighted by atomic mass is 19.4. The number of rotatable bonds is 7. The summed E-state index contributed by atoms with van der Waals surface area (Å²) in [5, 5.41) is 0. The molecule has 0 nitrogen and oxygen atoms in total. The van der Waals surface area contributed by atoms with Gasteiger partial charge in [0.15, 0.2) is 0 Å². The Hall–Kier alpha value is -3.13. The van der Waals surface area contributed by atoms with Crippen LogP contribution in [0.5, 0.6) is 0 Å². The van der Waals surface area contributed by atoms with Gasteiger partial charge in [-0.25, -0.2) is 8.78 Å². The molecule has 0 aromatic heterocycles. The molecule has 1 aliphatic rings. The number of hydrogen-bond donors (Lipinski definition) is 0. The van der Waals surface area contributed by atoms with Gasteiger partial charge in [-0.1, -0.05) is 74.2 Å². The molecular formula is C32H31F5. The minimum Gasteiger partial charge on any atom is -0.206 e. The molecule has 194 valence electrons. The Bertz CT molecular complexity index is 1210. The second-order valence-corrected chi connectivity index (χ2v) is 10.0. The van der Waals surface area contributed by atoms with Gasteiger partial charge in [0.25, 0.3) is 0 Å². The van der Waals surface area contributed by atoms with Crippen molar-refractivity contribution in [3.63, 3.8) is 0 Å². The van der Waals surface area contributed by atoms with Crippen molar-refractivity contribution in [3.8, 4) is 23.0 Å². The third-order valence-corrected chi connectivity index (χ3v) is 7.35. The standard InChI is InChI=1S/C32H31F5/c1-2-3-22-6-10-25(11-7-22)27-14-16-28(17-15-27)26-12-8-23(9-13-26)4-5-24-20-30(33)29(31(34)21-24)18-19-32(35,36)37/h8-9,12-17,20-22,25H,2-7,10-11H2,1H3. The lowest BCUT2D eigenvalue weighted by Gasteiger charge is -2.28. The number of alkyl halides is 3. The highest BCUT2D eigenvalue weighted by molar-refractivity contribution is 5.64. The van der Waals surface area contributed by atoms with Crippen molar-refractivity contribution >= 4 is 0 Å². The van der Waals surface area contributed by atoms with Crippen LogP contribution in [0.3, 0.4) is 0 Å². The first-order valence-corrected chi connectivity index (χ1v) is 13.0. The van der Waals surface area contributed by atoms with Gasteiger partial charge in [-0.3, -0.25) is 0 Å². The molecule has 5 heteroatoms. The summed E-state index contributed by atoms with van der Waals surface area (Å²) in [5.74, 6) is 1.85. The molecule has 1 saturated carbocycles. The van der Waals surface area contributed by atoms with Gasteiger partial charge in [-0.2, -0.15) is 13.2 Å². The molecule has 0 bridgehead atoms. The highest BCUT2D eigenvalue weighted by Gasteiger charge is 2.24. The fourth-order valence-electron chi connectivity index (χ4n) is 5.32. The second-order valence-electron chi connectivity index (χ2n) is 10.0. The summed E-state index contributed by atoms with van der Waals surface area (Å²) in [7, 11) is 0. The summed E-state index contributed by atoms with van der Waals surface area (Å²) in [6.07, 6.45) is 3.93. The van der Waals surface area contributed by atoms with Gasteiger partial charge in [0.2, 0.25) is 0 Å². The van der Waals surface area contributed by atoms with Crippen molar-refractivity contribution in [2.24, 2.45) is 5.92 Å². The predicted octanol–water partition coefficient (Wildman–Crippen LogP) is 9.40. The molecule has 0 saturated heterocycles. The average Bonchev–Trinajstić information content (AvgIpc) is 2.87. The van der Waals surface area contributed by atoms with Crippen LogP contribution in [-0.4, -0.2) is 6.18 Å². The maximum atomic E-state index is 14.1. The lowest BCUT2D eigenvalue weighted by atomic mass is 9.77. The van der Waals surface area contributed by atoms with Crippen LogP contribution in [-0.2, 0) is 12.8 Å². The monoisotopic (exact) mass is 510 g/mol. The second kappa shape index (κ2) is 11.9. The Morgan fingerprint density at radius 1 is 0.757 bits per heavy atom. The van der Waals surface area contributed by atoms with Crippen LogP contribution in [0.4, 0.5) is 22.0 Å². The van der Waals surface area contributed by atoms with Crippen molar-refractivity contribution in [1.29, 1.82) is 0 Å². The molecule has 3 aromatic rings. The third-order valence-electron chi connectivity index (χ3n) is 7.35. The van der Waals surface area contributed by atoms with Crippen LogP contribution >= 0.6 is 0 Å². The summed E-state index contributed by atoms with van der Waals surface area (Å²) < 4.78 is 65.0. The van der Waals surface area contributed by atoms with Crippen molar-refractivity contribution in [1.82, 2.24) is 0 Å². The lowest BCUT2D eigenvalue weighted by molar-refractivity contribution is -0.0696. The molecule has 4 rings (SSSR count). The highest BCUT2D eigenvalue weighted by Crippen LogP contribution is 2.38. The van der Waals surface area contributed by atoms with Crippen LogP contribution in [0, 0.1) is 29.4 Å². The number of hydrogen-bond acceptors (Lipinski definition) is 0. The summed E-state index contributed by atoms with van der Waals surface area (Å²) in [6, 6.07) is 19.0. The van der Waals surface area contributed by atoms with E-state index in [1.807, 2.05) is 24.3 Å². The zero-order chi connectivity index (χ0) is 26.4. The first kappa shape index (κ1) is 26.9. The van der Waals surface area contributed by atoms with Gasteiger partial charge in [0.05, 0.1) is 5.56 Å². The van der Waals surface area contributed by atoms with Crippen molar-refractivity contribution in [2.45, 2.75) is 70.4 Å². The molecule has 0 spiro atoms. The van der Waals surface area contributed by atoms with E-state index in [9.17, 15) is 22.0 Å². The largest absolute Gasteiger partial charge is 0.458 e. The van der Waals surface area contributed by atoms with Crippen LogP contribution in [0.25, 0.3) is 11.1 Å². The maximum absolute atomic E-state index is 14.1. The number of halogens is 5. The van der Waals surface area contributed by atoms with Gasteiger partial charge >= 0.3 is 6.18 Å². The lowest BCUT2D eigenvalue weighted by Crippen LogP contribution is -2.13. The molecule has 0 unspecified atom stereocenters. The van der Waals surface area contributed by atoms with Gasteiger partial charge in [-0.05, 0) is 90.3 Å². The Labute approximate surface area is 215 Å². The maximum Gasteiger partial charge on any atom is 0.458 e. The average molecular weight is 511 g/mol. The van der Waals surface area contributed by atoms with E-state index in [-0.39, 0.29) is 0 Å². The molecule has 37 heavy (non-hydrogen) atoms. The van der Waals surface area contributed by atoms with E-state index in [2.05, 4.69) is 31.2 Å². The summed E-state index contributed by atoms with van der Waals surface area (Å²) in [6.45, 7) is 2.27. The van der Waals surface area contributed by atoms with E-state index < -0.39 is 23.4 Å². The molecule has 0 N–H and O–H groups in total. The zero-order valence-corrected chi connectivity index (χ0v) is 21.0. The Morgan fingerprint density at radius 2 is 1.30 bits per heavy atom. The van der Waals surface area contributed by atoms with Crippen LogP contribution in [0.2, 0.25) is 0 Å². The summed E-state index contributed by atoms with van der Waals surface area (Å²) >= 11 is 0. The molecule has 1 fully saturated rings. The van der Waals surface area contributed by atoms with Crippen LogP contribution in [0.1, 0.15) is 73.6 Å². The quantitative estimate of drug-likeness (QED) is 0.219. The van der Waals surface area contributed by atoms with Crippen molar-refractivity contribution in [2.75, 3.05) is 0 Å². The molecule has 0 atom stereocenters. The van der Waals surface area contributed by atoms with Crippen molar-refractivity contribution < 1.29 is 22.0 Å². The van der Waals surface area contributed by atoms with E-state index >= 15 is 0 Å². The van der Waals surface area contributed by atoms with Gasteiger partial charge in [0, 0.05) is 5.92 Å². The molecule has 0 aliphatic heterocycles. The summed E-state index contributed by atoms with van der Waals surface area (Å²) in [5.41, 5.74) is 4.19. The Morgan fingerprint density at radius 3 is 1.84 bits per heavy atom. The fourth-order valence-corrected chi connectivity index (χ4v) is 5.32. The SMILES string of the molecule is CCCC1CCC(c2ccc(-c3ccc(CCc4cc(F)c(C#CC(F)(F)F)c(F)c4)cc3)cc2)CC1. The first-order chi connectivity index (χ1) is 17.7. The molecule has 0 amide bonds. The zero-order valence-electron chi connectivity index (χ0n) is 21.0. The Kier molecular flexibility index (Phi) is 8.69. The first-order valence-electron chi connectivity index (χ1n) is 13.0. The van der Waals surface area contributed by atoms with Crippen LogP contribution < -0.4 is 0 Å². The van der Waals surface area contributed by atoms with Crippen molar-refractivity contribution in [3.05, 3.63) is 94.6 Å². The Balaban J connectivity index is 1.35. The smallest absolute Gasteiger partial charge is 0.206 e. The molecule has 3 aromatic carbocycles. The van der Waals surface area contributed by atoms with E-state index in [4.69, 9.17) is 0 Å². The molecule has 0 heterocycles. The minimum atomic E-state index is -4.81. The van der Waals surface area contributed by atoms with Gasteiger partial charge in [0.1, 0.15) is 11.6 Å². The number of aryl methyl sites for hydroxylation is 2.